The molecule has 0 radical (unpaired) electrons. The van der Waals surface area contributed by atoms with E-state index in [9.17, 15) is 0 Å². The molecule has 1 aromatic carbocycles. The molecule has 3 nitrogen and oxygen atoms in total. The Labute approximate surface area is 141 Å². The third-order valence-corrected chi connectivity index (χ3v) is 6.00. The number of hydrogen-bond acceptors (Lipinski definition) is 3. The van der Waals surface area contributed by atoms with Gasteiger partial charge in [-0.15, -0.1) is 0 Å². The van der Waals surface area contributed by atoms with Crippen molar-refractivity contribution in [3.63, 3.8) is 0 Å². The molecule has 2 fully saturated rings. The average molecular weight is 317 g/mol. The van der Waals surface area contributed by atoms with Gasteiger partial charge in [0.2, 0.25) is 0 Å². The van der Waals surface area contributed by atoms with Gasteiger partial charge in [0, 0.05) is 6.54 Å². The molecule has 1 saturated heterocycles. The van der Waals surface area contributed by atoms with Crippen LogP contribution in [0.25, 0.3) is 0 Å². The molecule has 1 spiro atoms. The van der Waals surface area contributed by atoms with Gasteiger partial charge in [-0.3, -0.25) is 0 Å². The van der Waals surface area contributed by atoms with Gasteiger partial charge >= 0.3 is 0 Å². The molecule has 0 unspecified atom stereocenters. The van der Waals surface area contributed by atoms with Crippen LogP contribution < -0.4 is 9.47 Å². The number of likely N-dealkylation sites (tertiary alicyclic amines) is 1. The lowest BCUT2D eigenvalue weighted by Crippen LogP contribution is -2.41. The van der Waals surface area contributed by atoms with Crippen molar-refractivity contribution < 1.29 is 9.47 Å². The largest absolute Gasteiger partial charge is 0.493 e. The van der Waals surface area contributed by atoms with Gasteiger partial charge in [-0.2, -0.15) is 0 Å². The first-order chi connectivity index (χ1) is 11.2. The molecule has 3 heteroatoms. The molecule has 0 N–H and O–H groups in total. The van der Waals surface area contributed by atoms with Gasteiger partial charge in [0.15, 0.2) is 11.5 Å². The van der Waals surface area contributed by atoms with Crippen LogP contribution in [0.5, 0.6) is 11.5 Å². The fourth-order valence-electron chi connectivity index (χ4n) is 4.38. The molecule has 1 heterocycles. The summed E-state index contributed by atoms with van der Waals surface area (Å²) in [5.74, 6) is 1.65. The summed E-state index contributed by atoms with van der Waals surface area (Å²) in [4.78, 5) is 2.65. The van der Waals surface area contributed by atoms with Gasteiger partial charge in [-0.25, -0.2) is 0 Å². The average Bonchev–Trinajstić information content (AvgIpc) is 2.62. The molecular weight excluding hydrogens is 286 g/mol. The summed E-state index contributed by atoms with van der Waals surface area (Å²) in [5.41, 5.74) is 2.04. The van der Waals surface area contributed by atoms with Crippen LogP contribution in [-0.2, 0) is 6.42 Å². The highest BCUT2D eigenvalue weighted by molar-refractivity contribution is 5.42. The van der Waals surface area contributed by atoms with Gasteiger partial charge in [0.25, 0.3) is 0 Å². The molecule has 0 atom stereocenters. The Hall–Kier alpha value is -1.22. The van der Waals surface area contributed by atoms with Crippen molar-refractivity contribution in [1.82, 2.24) is 4.90 Å². The van der Waals surface area contributed by atoms with Crippen LogP contribution >= 0.6 is 0 Å². The molecule has 2 aliphatic rings. The van der Waals surface area contributed by atoms with Crippen LogP contribution in [0.3, 0.4) is 0 Å². The van der Waals surface area contributed by atoms with Crippen molar-refractivity contribution in [1.29, 1.82) is 0 Å². The maximum Gasteiger partial charge on any atom is 0.160 e. The van der Waals surface area contributed by atoms with Crippen LogP contribution in [0, 0.1) is 5.41 Å². The van der Waals surface area contributed by atoms with E-state index in [0.717, 1.165) is 24.5 Å². The molecule has 23 heavy (non-hydrogen) atoms. The van der Waals surface area contributed by atoms with Crippen LogP contribution in [0.15, 0.2) is 18.2 Å². The summed E-state index contributed by atoms with van der Waals surface area (Å²) in [6.07, 6.45) is 11.3. The topological polar surface area (TPSA) is 21.7 Å². The predicted octanol–water partition coefficient (Wildman–Crippen LogP) is 4.29. The maximum atomic E-state index is 5.41. The third-order valence-electron chi connectivity index (χ3n) is 6.00. The number of rotatable bonds is 5. The van der Waals surface area contributed by atoms with E-state index in [1.807, 2.05) is 6.07 Å². The van der Waals surface area contributed by atoms with E-state index >= 15 is 0 Å². The Morgan fingerprint density at radius 3 is 2.26 bits per heavy atom. The minimum atomic E-state index is 0.706. The summed E-state index contributed by atoms with van der Waals surface area (Å²) in [6.45, 7) is 3.73. The SMILES string of the molecule is COc1ccc(CCN2CCC3(CCCCC3)CC2)cc1OC. The first-order valence-corrected chi connectivity index (χ1v) is 9.18. The second-order valence-electron chi connectivity index (χ2n) is 7.34. The number of ether oxygens (including phenoxy) is 2. The highest BCUT2D eigenvalue weighted by Gasteiger charge is 2.35. The molecule has 0 aromatic heterocycles. The highest BCUT2D eigenvalue weighted by Crippen LogP contribution is 2.44. The van der Waals surface area contributed by atoms with E-state index in [1.165, 1.54) is 63.6 Å². The summed E-state index contributed by atoms with van der Waals surface area (Å²) in [7, 11) is 3.39. The zero-order valence-corrected chi connectivity index (χ0v) is 14.8. The molecule has 1 aromatic rings. The van der Waals surface area contributed by atoms with Crippen molar-refractivity contribution in [3.8, 4) is 11.5 Å². The molecular formula is C20H31NO2. The van der Waals surface area contributed by atoms with Crippen molar-refractivity contribution in [2.75, 3.05) is 33.9 Å². The van der Waals surface area contributed by atoms with E-state index in [2.05, 4.69) is 17.0 Å². The lowest BCUT2D eigenvalue weighted by atomic mass is 9.68. The fourth-order valence-corrected chi connectivity index (χ4v) is 4.38. The van der Waals surface area contributed by atoms with Gasteiger partial charge in [0.05, 0.1) is 14.2 Å². The highest BCUT2D eigenvalue weighted by atomic mass is 16.5. The molecule has 1 saturated carbocycles. The predicted molar refractivity (Wildman–Crippen MR) is 94.4 cm³/mol. The smallest absolute Gasteiger partial charge is 0.160 e. The number of piperidine rings is 1. The van der Waals surface area contributed by atoms with Gasteiger partial charge in [-0.05, 0) is 68.3 Å². The quantitative estimate of drug-likeness (QED) is 0.808. The normalized spacial score (nSPS) is 21.3. The lowest BCUT2D eigenvalue weighted by molar-refractivity contribution is 0.0684. The zero-order valence-electron chi connectivity index (χ0n) is 14.8. The van der Waals surface area contributed by atoms with E-state index in [-0.39, 0.29) is 0 Å². The first kappa shape index (κ1) is 16.6. The standard InChI is InChI=1S/C20H31NO2/c1-22-18-7-6-17(16-19(18)23-2)8-13-21-14-11-20(12-15-21)9-4-3-5-10-20/h6-7,16H,3-5,8-15H2,1-2H3. The van der Waals surface area contributed by atoms with Crippen LogP contribution in [-0.4, -0.2) is 38.8 Å². The molecule has 1 aliphatic carbocycles. The van der Waals surface area contributed by atoms with Crippen molar-refractivity contribution in [2.45, 2.75) is 51.4 Å². The monoisotopic (exact) mass is 317 g/mol. The Bertz CT molecular complexity index is 498. The lowest BCUT2D eigenvalue weighted by Gasteiger charge is -2.44. The minimum Gasteiger partial charge on any atom is -0.493 e. The van der Waals surface area contributed by atoms with Crippen molar-refractivity contribution in [3.05, 3.63) is 23.8 Å². The van der Waals surface area contributed by atoms with Crippen LogP contribution in [0.2, 0.25) is 0 Å². The zero-order chi connectivity index (χ0) is 16.1. The van der Waals surface area contributed by atoms with Gasteiger partial charge in [0.1, 0.15) is 0 Å². The number of nitrogens with zero attached hydrogens (tertiary/aromatic N) is 1. The Kier molecular flexibility index (Phi) is 5.47. The molecule has 128 valence electrons. The molecule has 0 bridgehead atoms. The fraction of sp³-hybridized carbons (Fsp3) is 0.700. The third kappa shape index (κ3) is 4.00. The number of methoxy groups -OCH3 is 2. The maximum absolute atomic E-state index is 5.41. The Balaban J connectivity index is 1.50. The summed E-state index contributed by atoms with van der Waals surface area (Å²) in [5, 5.41) is 0. The molecule has 0 amide bonds. The number of hydrogen-bond donors (Lipinski definition) is 0. The van der Waals surface area contributed by atoms with Crippen LogP contribution in [0.4, 0.5) is 0 Å². The second-order valence-corrected chi connectivity index (χ2v) is 7.34. The van der Waals surface area contributed by atoms with E-state index in [0.29, 0.717) is 5.41 Å². The minimum absolute atomic E-state index is 0.706. The van der Waals surface area contributed by atoms with E-state index < -0.39 is 0 Å². The van der Waals surface area contributed by atoms with Gasteiger partial charge in [-0.1, -0.05) is 25.3 Å². The summed E-state index contributed by atoms with van der Waals surface area (Å²) >= 11 is 0. The first-order valence-electron chi connectivity index (χ1n) is 9.18. The summed E-state index contributed by atoms with van der Waals surface area (Å²) < 4.78 is 10.7. The Morgan fingerprint density at radius 1 is 0.913 bits per heavy atom. The van der Waals surface area contributed by atoms with Crippen molar-refractivity contribution in [2.24, 2.45) is 5.41 Å². The second kappa shape index (κ2) is 7.57. The van der Waals surface area contributed by atoms with Crippen molar-refractivity contribution >= 4 is 0 Å². The number of benzene rings is 1. The molecule has 1 aliphatic heterocycles. The van der Waals surface area contributed by atoms with E-state index in [4.69, 9.17) is 9.47 Å². The van der Waals surface area contributed by atoms with Crippen LogP contribution in [0.1, 0.15) is 50.5 Å². The summed E-state index contributed by atoms with van der Waals surface area (Å²) in [6, 6.07) is 6.29. The van der Waals surface area contributed by atoms with E-state index in [1.54, 1.807) is 14.2 Å². The Morgan fingerprint density at radius 2 is 1.61 bits per heavy atom. The molecule has 3 rings (SSSR count). The van der Waals surface area contributed by atoms with Gasteiger partial charge < -0.3 is 14.4 Å².